The topological polar surface area (TPSA) is 116 Å². The molecule has 2 N–H and O–H groups in total. The Balaban J connectivity index is 2.09. The van der Waals surface area contributed by atoms with Crippen LogP contribution < -0.4 is 5.73 Å². The first-order valence-electron chi connectivity index (χ1n) is 8.72. The fraction of sp³-hybridized carbons (Fsp3) is 0.0952. The van der Waals surface area contributed by atoms with E-state index in [1.165, 1.54) is 12.4 Å². The van der Waals surface area contributed by atoms with Gasteiger partial charge in [0.2, 0.25) is 0 Å². The molecule has 1 aliphatic rings. The summed E-state index contributed by atoms with van der Waals surface area (Å²) in [7, 11) is 0. The average molecular weight is 385 g/mol. The maximum absolute atomic E-state index is 11.9. The number of terminal acetylenes is 1. The minimum atomic E-state index is -0.670. The molecule has 2 heterocycles. The Hall–Kier alpha value is -4.25. The maximum atomic E-state index is 11.9. The molecule has 1 aromatic heterocycles. The van der Waals surface area contributed by atoms with Crippen LogP contribution in [0.2, 0.25) is 0 Å². The van der Waals surface area contributed by atoms with Crippen molar-refractivity contribution in [2.75, 3.05) is 0 Å². The molecule has 0 aliphatic carbocycles. The van der Waals surface area contributed by atoms with E-state index in [9.17, 15) is 14.9 Å². The first-order valence-corrected chi connectivity index (χ1v) is 8.72. The van der Waals surface area contributed by atoms with Crippen molar-refractivity contribution in [3.63, 3.8) is 0 Å². The van der Waals surface area contributed by atoms with E-state index in [4.69, 9.17) is 17.1 Å². The molecule has 0 saturated carbocycles. The standard InChI is InChI=1S/C21H15N5O3/c1-3-13-8-9-16-15(10-13)18(14-6-4-5-7-17(14)26(28)29)24-12(2)20-19(21(22)27)23-11-25(16)20/h1,4-12H,2H3,(H2,22,27)/t12-/m0/s1. The quantitative estimate of drug-likeness (QED) is 0.424. The third kappa shape index (κ3) is 2.85. The molecule has 29 heavy (non-hydrogen) atoms. The van der Waals surface area contributed by atoms with Crippen LogP contribution in [0.1, 0.15) is 45.8 Å². The van der Waals surface area contributed by atoms with E-state index in [2.05, 4.69) is 10.9 Å². The van der Waals surface area contributed by atoms with E-state index in [-0.39, 0.29) is 11.4 Å². The number of rotatable bonds is 3. The fourth-order valence-corrected chi connectivity index (χ4v) is 3.54. The summed E-state index contributed by atoms with van der Waals surface area (Å²) in [6.07, 6.45) is 7.07. The molecule has 0 unspecified atom stereocenters. The number of nitro benzene ring substituents is 1. The molecule has 142 valence electrons. The lowest BCUT2D eigenvalue weighted by Crippen LogP contribution is -2.15. The van der Waals surface area contributed by atoms with Crippen LogP contribution in [0.3, 0.4) is 0 Å². The second-order valence-corrected chi connectivity index (χ2v) is 6.52. The predicted molar refractivity (Wildman–Crippen MR) is 107 cm³/mol. The second-order valence-electron chi connectivity index (χ2n) is 6.52. The van der Waals surface area contributed by atoms with Gasteiger partial charge in [0.15, 0.2) is 5.69 Å². The van der Waals surface area contributed by atoms with Gasteiger partial charge in [-0.2, -0.15) is 0 Å². The molecule has 0 bridgehead atoms. The third-order valence-corrected chi connectivity index (χ3v) is 4.79. The first kappa shape index (κ1) is 18.1. The molecule has 0 spiro atoms. The van der Waals surface area contributed by atoms with Gasteiger partial charge >= 0.3 is 0 Å². The molecule has 1 atom stereocenters. The highest BCUT2D eigenvalue weighted by atomic mass is 16.6. The molecule has 0 saturated heterocycles. The smallest absolute Gasteiger partial charge is 0.278 e. The minimum Gasteiger partial charge on any atom is -0.364 e. The Labute approximate surface area is 165 Å². The predicted octanol–water partition coefficient (Wildman–Crippen LogP) is 2.77. The van der Waals surface area contributed by atoms with Crippen LogP contribution in [-0.4, -0.2) is 26.1 Å². The number of benzene rings is 2. The summed E-state index contributed by atoms with van der Waals surface area (Å²) in [4.78, 5) is 31.9. The number of fused-ring (bicyclic) bond motifs is 3. The van der Waals surface area contributed by atoms with Crippen molar-refractivity contribution in [3.8, 4) is 18.0 Å². The molecule has 1 amide bonds. The Morgan fingerprint density at radius 1 is 1.28 bits per heavy atom. The summed E-state index contributed by atoms with van der Waals surface area (Å²) < 4.78 is 1.73. The zero-order chi connectivity index (χ0) is 20.7. The summed E-state index contributed by atoms with van der Waals surface area (Å²) in [6.45, 7) is 1.78. The number of carbonyl (C=O) groups excluding carboxylic acids is 1. The lowest BCUT2D eigenvalue weighted by atomic mass is 9.97. The van der Waals surface area contributed by atoms with Crippen LogP contribution in [-0.2, 0) is 0 Å². The maximum Gasteiger partial charge on any atom is 0.278 e. The van der Waals surface area contributed by atoms with Crippen molar-refractivity contribution in [3.05, 3.63) is 87.0 Å². The van der Waals surface area contributed by atoms with Crippen molar-refractivity contribution in [2.45, 2.75) is 13.0 Å². The Bertz CT molecular complexity index is 1250. The zero-order valence-corrected chi connectivity index (χ0v) is 15.4. The third-order valence-electron chi connectivity index (χ3n) is 4.79. The van der Waals surface area contributed by atoms with Crippen LogP contribution in [0, 0.1) is 22.5 Å². The van der Waals surface area contributed by atoms with Gasteiger partial charge in [-0.25, -0.2) is 4.98 Å². The number of hydrogen-bond donors (Lipinski definition) is 1. The summed E-state index contributed by atoms with van der Waals surface area (Å²) in [5, 5.41) is 11.6. The number of nitro groups is 1. The van der Waals surface area contributed by atoms with Gasteiger partial charge in [0.25, 0.3) is 11.6 Å². The second kappa shape index (κ2) is 6.73. The first-order chi connectivity index (χ1) is 13.9. The van der Waals surface area contributed by atoms with Crippen LogP contribution in [0.25, 0.3) is 5.69 Å². The summed E-state index contributed by atoms with van der Waals surface area (Å²) in [5.41, 5.74) is 8.67. The Morgan fingerprint density at radius 2 is 2.03 bits per heavy atom. The largest absolute Gasteiger partial charge is 0.364 e. The number of aliphatic imine (C=N–C) groups is 1. The molecule has 4 rings (SSSR count). The number of para-hydroxylation sites is 1. The lowest BCUT2D eigenvalue weighted by Gasteiger charge is -2.12. The number of aromatic nitrogens is 2. The van der Waals surface area contributed by atoms with Crippen molar-refractivity contribution in [1.82, 2.24) is 9.55 Å². The number of hydrogen-bond acceptors (Lipinski definition) is 5. The summed E-state index contributed by atoms with van der Waals surface area (Å²) >= 11 is 0. The van der Waals surface area contributed by atoms with E-state index in [1.807, 2.05) is 0 Å². The number of primary amides is 1. The lowest BCUT2D eigenvalue weighted by molar-refractivity contribution is -0.385. The van der Waals surface area contributed by atoms with Gasteiger partial charge in [-0.05, 0) is 31.2 Å². The van der Waals surface area contributed by atoms with Crippen molar-refractivity contribution in [2.24, 2.45) is 10.7 Å². The fourth-order valence-electron chi connectivity index (χ4n) is 3.54. The van der Waals surface area contributed by atoms with Gasteiger partial charge < -0.3 is 5.73 Å². The number of carbonyl (C=O) groups is 1. The molecule has 1 aliphatic heterocycles. The van der Waals surface area contributed by atoms with E-state index in [0.717, 1.165) is 0 Å². The molecule has 8 nitrogen and oxygen atoms in total. The van der Waals surface area contributed by atoms with Crippen LogP contribution in [0.15, 0.2) is 53.8 Å². The van der Waals surface area contributed by atoms with E-state index >= 15 is 0 Å². The molecule has 2 aromatic carbocycles. The molecular formula is C21H15N5O3. The molecule has 0 fully saturated rings. The monoisotopic (exact) mass is 385 g/mol. The van der Waals surface area contributed by atoms with Crippen molar-refractivity contribution in [1.29, 1.82) is 0 Å². The van der Waals surface area contributed by atoms with E-state index in [1.54, 1.807) is 47.9 Å². The minimum absolute atomic E-state index is 0.0738. The van der Waals surface area contributed by atoms with Crippen LogP contribution in [0.5, 0.6) is 0 Å². The highest BCUT2D eigenvalue weighted by Gasteiger charge is 2.30. The van der Waals surface area contributed by atoms with Gasteiger partial charge in [-0.15, -0.1) is 6.42 Å². The average Bonchev–Trinajstić information content (AvgIpc) is 3.12. The number of nitrogens with zero attached hydrogens (tertiary/aromatic N) is 4. The zero-order valence-electron chi connectivity index (χ0n) is 15.4. The summed E-state index contributed by atoms with van der Waals surface area (Å²) in [5.74, 6) is 1.91. The highest BCUT2D eigenvalue weighted by Crippen LogP contribution is 2.34. The number of amides is 1. The van der Waals surface area contributed by atoms with Crippen LogP contribution in [0.4, 0.5) is 5.69 Å². The SMILES string of the molecule is C#Cc1ccc2c(c1)C(c1ccccc1[N+](=O)[O-])=N[C@@H](C)c1c(C(N)=O)ncn1-2. The molecule has 0 radical (unpaired) electrons. The number of nitrogens with two attached hydrogens (primary N) is 1. The highest BCUT2D eigenvalue weighted by molar-refractivity contribution is 6.17. The van der Waals surface area contributed by atoms with E-state index in [0.29, 0.717) is 33.8 Å². The van der Waals surface area contributed by atoms with Crippen molar-refractivity contribution >= 4 is 17.3 Å². The number of imidazole rings is 1. The van der Waals surface area contributed by atoms with Gasteiger partial charge in [0, 0.05) is 17.2 Å². The normalized spacial score (nSPS) is 14.8. The Morgan fingerprint density at radius 3 is 2.72 bits per heavy atom. The molecule has 8 heteroatoms. The van der Waals surface area contributed by atoms with Crippen LogP contribution >= 0.6 is 0 Å². The van der Waals surface area contributed by atoms with Gasteiger partial charge in [-0.3, -0.25) is 24.5 Å². The van der Waals surface area contributed by atoms with Crippen molar-refractivity contribution < 1.29 is 9.72 Å². The van der Waals surface area contributed by atoms with Gasteiger partial charge in [0.05, 0.1) is 33.6 Å². The Kier molecular flexibility index (Phi) is 4.20. The van der Waals surface area contributed by atoms with E-state index < -0.39 is 16.9 Å². The van der Waals surface area contributed by atoms with Gasteiger partial charge in [-0.1, -0.05) is 18.1 Å². The molecule has 3 aromatic rings. The molecular weight excluding hydrogens is 370 g/mol. The van der Waals surface area contributed by atoms with Gasteiger partial charge in [0.1, 0.15) is 6.33 Å². The summed E-state index contributed by atoms with van der Waals surface area (Å²) in [6, 6.07) is 11.1.